The van der Waals surface area contributed by atoms with Gasteiger partial charge in [-0.05, 0) is 85.9 Å². The summed E-state index contributed by atoms with van der Waals surface area (Å²) in [5.41, 5.74) is 5.01. The van der Waals surface area contributed by atoms with Crippen LogP contribution < -0.4 is 5.73 Å². The largest absolute Gasteiger partial charge is 0.417 e. The Hall–Kier alpha value is -5.07. The summed E-state index contributed by atoms with van der Waals surface area (Å²) in [7, 11) is 0. The van der Waals surface area contributed by atoms with Crippen LogP contribution in [0.3, 0.4) is 0 Å². The first-order valence-electron chi connectivity index (χ1n) is 17.7. The van der Waals surface area contributed by atoms with E-state index in [0.29, 0.717) is 24.8 Å². The van der Waals surface area contributed by atoms with Gasteiger partial charge >= 0.3 is 6.18 Å². The monoisotopic (exact) mass is 736 g/mol. The van der Waals surface area contributed by atoms with Gasteiger partial charge in [0.25, 0.3) is 11.8 Å². The molecule has 0 aliphatic carbocycles. The first-order chi connectivity index (χ1) is 25.0. The van der Waals surface area contributed by atoms with Crippen LogP contribution >= 0.6 is 0 Å². The van der Waals surface area contributed by atoms with Crippen molar-refractivity contribution in [2.75, 3.05) is 19.6 Å². The fourth-order valence-electron chi connectivity index (χ4n) is 6.98. The van der Waals surface area contributed by atoms with Crippen molar-refractivity contribution < 1.29 is 31.5 Å². The van der Waals surface area contributed by atoms with Crippen LogP contribution in [0.2, 0.25) is 0 Å². The molecule has 1 fully saturated rings. The highest BCUT2D eigenvalue weighted by Crippen LogP contribution is 2.43. The highest BCUT2D eigenvalue weighted by molar-refractivity contribution is 6.07. The Morgan fingerprint density at radius 2 is 1.70 bits per heavy atom. The van der Waals surface area contributed by atoms with Gasteiger partial charge in [-0.25, -0.2) is 13.8 Å². The summed E-state index contributed by atoms with van der Waals surface area (Å²) >= 11 is 0. The van der Waals surface area contributed by atoms with Crippen molar-refractivity contribution in [2.45, 2.75) is 76.8 Å². The molecule has 2 aliphatic rings. The third kappa shape index (κ3) is 8.44. The number of rotatable bonds is 13. The Bertz CT molecular complexity index is 1860. The van der Waals surface area contributed by atoms with Gasteiger partial charge in [0.05, 0.1) is 23.7 Å². The van der Waals surface area contributed by atoms with Gasteiger partial charge in [0, 0.05) is 18.8 Å². The van der Waals surface area contributed by atoms with Crippen LogP contribution in [0.5, 0.6) is 0 Å². The van der Waals surface area contributed by atoms with Crippen molar-refractivity contribution in [3.8, 4) is 0 Å². The molecule has 2 aliphatic heterocycles. The van der Waals surface area contributed by atoms with Crippen molar-refractivity contribution in [3.63, 3.8) is 0 Å². The van der Waals surface area contributed by atoms with Crippen LogP contribution in [0.15, 0.2) is 90.1 Å². The lowest BCUT2D eigenvalue weighted by Crippen LogP contribution is -2.52. The number of amides is 2. The van der Waals surface area contributed by atoms with Crippen LogP contribution in [0.4, 0.5) is 22.0 Å². The van der Waals surface area contributed by atoms with Gasteiger partial charge in [-0.2, -0.15) is 13.2 Å². The molecule has 0 bridgehead atoms. The van der Waals surface area contributed by atoms with Crippen molar-refractivity contribution in [2.24, 2.45) is 16.6 Å². The van der Waals surface area contributed by atoms with E-state index in [1.165, 1.54) is 47.1 Å². The van der Waals surface area contributed by atoms with Crippen molar-refractivity contribution >= 4 is 23.6 Å². The van der Waals surface area contributed by atoms with E-state index in [1.807, 2.05) is 44.2 Å². The molecular weight excluding hydrogens is 691 g/mol. The molecule has 0 radical (unpaired) electrons. The van der Waals surface area contributed by atoms with E-state index in [9.17, 15) is 31.5 Å². The fraction of sp³-hybridized carbons (Fsp3) is 0.400. The highest BCUT2D eigenvalue weighted by atomic mass is 19.4. The van der Waals surface area contributed by atoms with Crippen LogP contribution in [0, 0.1) is 17.1 Å². The topological polar surface area (TPSA) is 106 Å². The molecule has 53 heavy (non-hydrogen) atoms. The molecule has 2 unspecified atom stereocenters. The molecule has 3 aromatic rings. The van der Waals surface area contributed by atoms with Gasteiger partial charge in [0.1, 0.15) is 17.8 Å². The first kappa shape index (κ1) is 39.1. The van der Waals surface area contributed by atoms with Crippen LogP contribution in [0.1, 0.15) is 85.1 Å². The SMILES string of the molecule is C=C(C(C)F)N1CCN(C(=O)c2cc(C(CCCc3ccccc3)N3C(=O)[C@@](CCC(C)C)(c4ccc(F)cc4)N=C3N)ccc2C(F)(F)F)CC1=N. The van der Waals surface area contributed by atoms with Crippen molar-refractivity contribution in [1.82, 2.24) is 14.7 Å². The number of alkyl halides is 4. The number of hydrogen-bond acceptors (Lipinski definition) is 5. The average Bonchev–Trinajstić information content (AvgIpc) is 3.37. The van der Waals surface area contributed by atoms with E-state index < -0.39 is 52.7 Å². The zero-order valence-electron chi connectivity index (χ0n) is 30.1. The molecule has 0 aromatic heterocycles. The third-order valence-electron chi connectivity index (χ3n) is 9.94. The van der Waals surface area contributed by atoms with Gasteiger partial charge < -0.3 is 15.5 Å². The molecule has 2 heterocycles. The molecule has 3 atom stereocenters. The summed E-state index contributed by atoms with van der Waals surface area (Å²) in [5, 5.41) is 8.42. The minimum absolute atomic E-state index is 0.0159. The Kier molecular flexibility index (Phi) is 11.7. The minimum atomic E-state index is -4.90. The maximum atomic E-state index is 14.8. The second-order valence-corrected chi connectivity index (χ2v) is 14.1. The maximum Gasteiger partial charge on any atom is 0.417 e. The van der Waals surface area contributed by atoms with Gasteiger partial charge in [0.2, 0.25) is 0 Å². The predicted molar refractivity (Wildman–Crippen MR) is 194 cm³/mol. The summed E-state index contributed by atoms with van der Waals surface area (Å²) in [6.07, 6.45) is -4.18. The number of piperazine rings is 1. The Morgan fingerprint density at radius 3 is 2.30 bits per heavy atom. The van der Waals surface area contributed by atoms with E-state index in [-0.39, 0.29) is 61.4 Å². The molecule has 282 valence electrons. The number of hydrogen-bond donors (Lipinski definition) is 2. The number of nitrogens with two attached hydrogens (primary N) is 1. The highest BCUT2D eigenvalue weighted by Gasteiger charge is 2.51. The second-order valence-electron chi connectivity index (χ2n) is 14.1. The second kappa shape index (κ2) is 15.9. The lowest BCUT2D eigenvalue weighted by atomic mass is 9.83. The number of nitrogens with zero attached hydrogens (tertiary/aromatic N) is 4. The predicted octanol–water partition coefficient (Wildman–Crippen LogP) is 8.00. The van der Waals surface area contributed by atoms with Crippen LogP contribution in [0.25, 0.3) is 0 Å². The molecular formula is C40H45F5N6O2. The van der Waals surface area contributed by atoms with Gasteiger partial charge in [-0.3, -0.25) is 19.9 Å². The minimum Gasteiger partial charge on any atom is -0.369 e. The number of benzene rings is 3. The van der Waals surface area contributed by atoms with E-state index >= 15 is 0 Å². The van der Waals surface area contributed by atoms with Gasteiger partial charge in [0.15, 0.2) is 11.5 Å². The Morgan fingerprint density at radius 1 is 1.02 bits per heavy atom. The molecule has 1 saturated heterocycles. The maximum absolute atomic E-state index is 14.8. The molecule has 3 N–H and O–H groups in total. The van der Waals surface area contributed by atoms with E-state index in [4.69, 9.17) is 16.1 Å². The van der Waals surface area contributed by atoms with E-state index in [1.54, 1.807) is 0 Å². The van der Waals surface area contributed by atoms with Crippen LogP contribution in [-0.2, 0) is 22.9 Å². The van der Waals surface area contributed by atoms with Crippen molar-refractivity contribution in [3.05, 3.63) is 119 Å². The number of carbonyl (C=O) groups excluding carboxylic acids is 2. The summed E-state index contributed by atoms with van der Waals surface area (Å²) < 4.78 is 71.6. The number of carbonyl (C=O) groups is 2. The molecule has 3 aromatic carbocycles. The summed E-state index contributed by atoms with van der Waals surface area (Å²) in [6.45, 7) is 8.48. The van der Waals surface area contributed by atoms with Crippen molar-refractivity contribution in [1.29, 1.82) is 5.41 Å². The molecule has 13 heteroatoms. The molecule has 5 rings (SSSR count). The number of allylic oxidation sites excluding steroid dienone is 1. The zero-order valence-corrected chi connectivity index (χ0v) is 30.1. The standard InChI is InChI=1S/C40H45F5N6O2/c1-25(2)19-20-39(30-14-16-31(42)17-15-30)37(53)51(38(47)48-39)34(12-8-11-28-9-6-5-7-10-28)29-13-18-33(40(43,44)45)32(23-29)36(52)49-21-22-50(35(46)24-49)27(4)26(3)41/h5-7,9-10,13-18,23,25-26,34,46H,4,8,11-12,19-22,24H2,1-3H3,(H2,47,48)/t26?,34?,39-/m1/s1. The lowest BCUT2D eigenvalue weighted by Gasteiger charge is -2.38. The molecule has 8 nitrogen and oxygen atoms in total. The lowest BCUT2D eigenvalue weighted by molar-refractivity contribution is -0.138. The van der Waals surface area contributed by atoms with E-state index in [2.05, 4.69) is 6.58 Å². The summed E-state index contributed by atoms with van der Waals surface area (Å²) in [6, 6.07) is 17.4. The number of amidine groups is 1. The quantitative estimate of drug-likeness (QED) is 0.174. The smallest absolute Gasteiger partial charge is 0.369 e. The Labute approximate surface area is 306 Å². The van der Waals surface area contributed by atoms with Gasteiger partial charge in [-0.1, -0.05) is 69.0 Å². The third-order valence-corrected chi connectivity index (χ3v) is 9.94. The zero-order chi connectivity index (χ0) is 38.7. The normalized spacial score (nSPS) is 19.1. The number of aliphatic imine (C=N–C) groups is 1. The van der Waals surface area contributed by atoms with E-state index in [0.717, 1.165) is 22.6 Å². The molecule has 2 amide bonds. The number of guanidine groups is 1. The molecule has 0 saturated carbocycles. The fourth-order valence-corrected chi connectivity index (χ4v) is 6.98. The number of nitrogens with one attached hydrogen (secondary N) is 1. The Balaban J connectivity index is 1.56. The number of halogens is 5. The van der Waals surface area contributed by atoms with Gasteiger partial charge in [-0.15, -0.1) is 0 Å². The summed E-state index contributed by atoms with van der Waals surface area (Å²) in [5.74, 6) is -2.08. The average molecular weight is 737 g/mol. The number of aryl methyl sites for hydroxylation is 1. The summed E-state index contributed by atoms with van der Waals surface area (Å²) in [4.78, 5) is 37.2. The molecule has 0 spiro atoms. The first-order valence-corrected chi connectivity index (χ1v) is 17.7. The van der Waals surface area contributed by atoms with Crippen LogP contribution in [-0.4, -0.2) is 64.1 Å².